The largest absolute Gasteiger partial charge is 0.384 e. The van der Waals surface area contributed by atoms with E-state index in [0.717, 1.165) is 43.1 Å². The number of hydrogen-bond donors (Lipinski definition) is 2. The van der Waals surface area contributed by atoms with Crippen molar-refractivity contribution in [2.45, 2.75) is 38.5 Å². The number of hydrogen-bond acceptors (Lipinski definition) is 6. The average molecular weight is 372 g/mol. The average Bonchev–Trinajstić information content (AvgIpc) is 2.68. The van der Waals surface area contributed by atoms with Crippen molar-refractivity contribution in [2.24, 2.45) is 0 Å². The van der Waals surface area contributed by atoms with Crippen molar-refractivity contribution in [1.82, 2.24) is 10.3 Å². The second kappa shape index (κ2) is 9.16. The van der Waals surface area contributed by atoms with Crippen LogP contribution in [0.25, 0.3) is 10.9 Å². The number of para-hydroxylation sites is 1. The van der Waals surface area contributed by atoms with Gasteiger partial charge in [0.15, 0.2) is 6.61 Å². The van der Waals surface area contributed by atoms with Crippen LogP contribution in [0.4, 0.5) is 5.69 Å². The van der Waals surface area contributed by atoms with Crippen molar-refractivity contribution >= 4 is 22.5 Å². The molecule has 8 heteroatoms. The molecular formula is C19H24N4O4. The fourth-order valence-electron chi connectivity index (χ4n) is 3.43. The number of fused-ring (bicyclic) bond motifs is 2. The molecule has 144 valence electrons. The smallest absolute Gasteiger partial charge is 0.295 e. The van der Waals surface area contributed by atoms with E-state index in [0.29, 0.717) is 6.54 Å². The highest BCUT2D eigenvalue weighted by Crippen LogP contribution is 2.33. The highest BCUT2D eigenvalue weighted by molar-refractivity contribution is 5.93. The van der Waals surface area contributed by atoms with Crippen LogP contribution in [-0.4, -0.2) is 35.7 Å². The van der Waals surface area contributed by atoms with Gasteiger partial charge in [-0.3, -0.25) is 9.78 Å². The van der Waals surface area contributed by atoms with Crippen LogP contribution in [0, 0.1) is 10.1 Å². The lowest BCUT2D eigenvalue weighted by molar-refractivity contribution is -0.754. The number of carbonyl (C=O) groups excluding carboxylic acids is 1. The topological polar surface area (TPSA) is 106 Å². The number of rotatable bonds is 9. The molecule has 0 atom stereocenters. The molecule has 0 unspecified atom stereocenters. The van der Waals surface area contributed by atoms with E-state index in [1.807, 2.05) is 12.1 Å². The molecule has 0 fully saturated rings. The van der Waals surface area contributed by atoms with E-state index >= 15 is 0 Å². The molecule has 1 aliphatic rings. The van der Waals surface area contributed by atoms with Gasteiger partial charge >= 0.3 is 0 Å². The molecule has 1 heterocycles. The van der Waals surface area contributed by atoms with Crippen molar-refractivity contribution in [1.29, 1.82) is 0 Å². The number of pyridine rings is 1. The molecule has 27 heavy (non-hydrogen) atoms. The minimum absolute atomic E-state index is 0.469. The van der Waals surface area contributed by atoms with Gasteiger partial charge in [-0.1, -0.05) is 18.2 Å². The van der Waals surface area contributed by atoms with Crippen LogP contribution in [0.2, 0.25) is 0 Å². The van der Waals surface area contributed by atoms with Crippen LogP contribution < -0.4 is 10.6 Å². The minimum atomic E-state index is -0.969. The molecule has 0 bridgehead atoms. The van der Waals surface area contributed by atoms with Gasteiger partial charge in [0.1, 0.15) is 0 Å². The zero-order valence-electron chi connectivity index (χ0n) is 15.2. The first kappa shape index (κ1) is 18.9. The molecule has 2 N–H and O–H groups in total. The van der Waals surface area contributed by atoms with E-state index in [9.17, 15) is 14.9 Å². The van der Waals surface area contributed by atoms with Crippen LogP contribution >= 0.6 is 0 Å². The SMILES string of the molecule is O=C(CO[N+](=O)[O-])NCCCCNc1c2c(nc3ccccc13)CCCC2. The summed E-state index contributed by atoms with van der Waals surface area (Å²) in [6, 6.07) is 8.21. The van der Waals surface area contributed by atoms with E-state index in [4.69, 9.17) is 4.98 Å². The normalized spacial score (nSPS) is 13.0. The maximum Gasteiger partial charge on any atom is 0.295 e. The first-order chi connectivity index (χ1) is 13.1. The molecule has 1 aromatic carbocycles. The summed E-state index contributed by atoms with van der Waals surface area (Å²) in [6.45, 7) is 0.707. The van der Waals surface area contributed by atoms with Crippen LogP contribution in [0.5, 0.6) is 0 Å². The molecular weight excluding hydrogens is 348 g/mol. The maximum atomic E-state index is 11.3. The standard InChI is InChI=1S/C19H24N4O4/c24-18(13-27-23(25)26)20-11-5-6-12-21-19-14-7-1-3-9-16(14)22-17-10-4-2-8-15(17)19/h1,3,7,9H,2,4-6,8,10-13H2,(H,20,24)(H,21,22). The summed E-state index contributed by atoms with van der Waals surface area (Å²) >= 11 is 0. The Labute approximate surface area is 157 Å². The number of aromatic nitrogens is 1. The van der Waals surface area contributed by atoms with Gasteiger partial charge in [-0.05, 0) is 50.2 Å². The lowest BCUT2D eigenvalue weighted by atomic mass is 9.92. The van der Waals surface area contributed by atoms with Crippen LogP contribution in [0.1, 0.15) is 36.9 Å². The molecule has 2 aromatic rings. The van der Waals surface area contributed by atoms with Gasteiger partial charge in [0.2, 0.25) is 5.91 Å². The first-order valence-electron chi connectivity index (χ1n) is 9.33. The first-order valence-corrected chi connectivity index (χ1v) is 9.33. The number of benzene rings is 1. The number of anilines is 1. The predicted molar refractivity (Wildman–Crippen MR) is 102 cm³/mol. The third kappa shape index (κ3) is 5.06. The van der Waals surface area contributed by atoms with Gasteiger partial charge in [-0.2, -0.15) is 0 Å². The Hall–Kier alpha value is -2.90. The predicted octanol–water partition coefficient (Wildman–Crippen LogP) is 2.63. The van der Waals surface area contributed by atoms with Crippen molar-refractivity contribution in [2.75, 3.05) is 25.0 Å². The van der Waals surface area contributed by atoms with Crippen molar-refractivity contribution in [3.05, 3.63) is 45.6 Å². The fraction of sp³-hybridized carbons (Fsp3) is 0.474. The van der Waals surface area contributed by atoms with Crippen molar-refractivity contribution in [3.8, 4) is 0 Å². The number of amides is 1. The van der Waals surface area contributed by atoms with Crippen molar-refractivity contribution in [3.63, 3.8) is 0 Å². The van der Waals surface area contributed by atoms with E-state index < -0.39 is 17.6 Å². The zero-order valence-corrected chi connectivity index (χ0v) is 15.2. The quantitative estimate of drug-likeness (QED) is 0.398. The van der Waals surface area contributed by atoms with Crippen LogP contribution in [0.3, 0.4) is 0 Å². The zero-order chi connectivity index (χ0) is 19.1. The molecule has 0 saturated carbocycles. The van der Waals surface area contributed by atoms with E-state index in [2.05, 4.69) is 27.6 Å². The summed E-state index contributed by atoms with van der Waals surface area (Å²) in [5, 5.41) is 16.4. The number of aryl methyl sites for hydroxylation is 1. The van der Waals surface area contributed by atoms with Gasteiger partial charge in [-0.25, -0.2) is 0 Å². The third-order valence-corrected chi connectivity index (χ3v) is 4.70. The highest BCUT2D eigenvalue weighted by atomic mass is 16.9. The molecule has 0 aliphatic heterocycles. The molecule has 0 spiro atoms. The second-order valence-electron chi connectivity index (χ2n) is 6.62. The maximum absolute atomic E-state index is 11.3. The Morgan fingerprint density at radius 3 is 2.81 bits per heavy atom. The fourth-order valence-corrected chi connectivity index (χ4v) is 3.43. The summed E-state index contributed by atoms with van der Waals surface area (Å²) in [6.07, 6.45) is 6.14. The molecule has 8 nitrogen and oxygen atoms in total. The number of carbonyl (C=O) groups is 1. The van der Waals surface area contributed by atoms with Crippen molar-refractivity contribution < 1.29 is 14.7 Å². The van der Waals surface area contributed by atoms with Gasteiger partial charge < -0.3 is 15.5 Å². The summed E-state index contributed by atoms with van der Waals surface area (Å²) < 4.78 is 0. The highest BCUT2D eigenvalue weighted by Gasteiger charge is 2.17. The van der Waals surface area contributed by atoms with Crippen LogP contribution in [-0.2, 0) is 22.5 Å². The summed E-state index contributed by atoms with van der Waals surface area (Å²) in [4.78, 5) is 30.2. The summed E-state index contributed by atoms with van der Waals surface area (Å²) in [5.41, 5.74) is 4.77. The number of nitrogens with zero attached hydrogens (tertiary/aromatic N) is 2. The third-order valence-electron chi connectivity index (χ3n) is 4.70. The summed E-state index contributed by atoms with van der Waals surface area (Å²) in [5.74, 6) is -0.478. The molecule has 1 aromatic heterocycles. The Kier molecular flexibility index (Phi) is 6.40. The Morgan fingerprint density at radius 2 is 1.96 bits per heavy atom. The Morgan fingerprint density at radius 1 is 1.19 bits per heavy atom. The Balaban J connectivity index is 1.52. The molecule has 0 saturated heterocycles. The number of unbranched alkanes of at least 4 members (excludes halogenated alkanes) is 1. The lowest BCUT2D eigenvalue weighted by Gasteiger charge is -2.21. The van der Waals surface area contributed by atoms with Gasteiger partial charge in [0.05, 0.1) is 5.52 Å². The van der Waals surface area contributed by atoms with Gasteiger partial charge in [-0.15, -0.1) is 10.1 Å². The van der Waals surface area contributed by atoms with Gasteiger partial charge in [0.25, 0.3) is 5.09 Å². The molecule has 1 aliphatic carbocycles. The molecule has 0 radical (unpaired) electrons. The number of nitrogens with one attached hydrogen (secondary N) is 2. The monoisotopic (exact) mass is 372 g/mol. The van der Waals surface area contributed by atoms with E-state index in [1.54, 1.807) is 0 Å². The molecule has 1 amide bonds. The van der Waals surface area contributed by atoms with Gasteiger partial charge in [0, 0.05) is 29.9 Å². The Bertz CT molecular complexity index is 825. The minimum Gasteiger partial charge on any atom is -0.384 e. The van der Waals surface area contributed by atoms with E-state index in [1.165, 1.54) is 29.8 Å². The summed E-state index contributed by atoms with van der Waals surface area (Å²) in [7, 11) is 0. The lowest BCUT2D eigenvalue weighted by Crippen LogP contribution is -2.29. The molecule has 3 rings (SSSR count). The van der Waals surface area contributed by atoms with E-state index in [-0.39, 0.29) is 0 Å². The van der Waals surface area contributed by atoms with Crippen LogP contribution in [0.15, 0.2) is 24.3 Å². The second-order valence-corrected chi connectivity index (χ2v) is 6.62.